The maximum absolute atomic E-state index is 10.4. The molecule has 0 aromatic carbocycles. The molecule has 0 bridgehead atoms. The Hall–Kier alpha value is -0.570. The normalized spacial score (nSPS) is 32.3. The zero-order valence-corrected chi connectivity index (χ0v) is 9.15. The monoisotopic (exact) mass is 212 g/mol. The van der Waals surface area contributed by atoms with Crippen LogP contribution >= 0.6 is 0 Å². The molecular weight excluding hydrogens is 192 g/mol. The van der Waals surface area contributed by atoms with Gasteiger partial charge in [0.25, 0.3) is 0 Å². The molecule has 15 heavy (non-hydrogen) atoms. The number of hydrogen-bond donors (Lipinski definition) is 1. The number of carboxylic acids is 1. The molecule has 1 saturated carbocycles. The third-order valence-corrected chi connectivity index (χ3v) is 3.97. The highest BCUT2D eigenvalue weighted by Crippen LogP contribution is 2.44. The fourth-order valence-electron chi connectivity index (χ4n) is 2.92. The molecule has 1 heterocycles. The summed E-state index contributed by atoms with van der Waals surface area (Å²) < 4.78 is 5.35. The van der Waals surface area contributed by atoms with Crippen LogP contribution in [0.1, 0.15) is 38.5 Å². The Balaban J connectivity index is 1.62. The second-order valence-electron chi connectivity index (χ2n) is 4.98. The van der Waals surface area contributed by atoms with Crippen LogP contribution in [-0.4, -0.2) is 24.3 Å². The van der Waals surface area contributed by atoms with Crippen LogP contribution in [0.5, 0.6) is 0 Å². The van der Waals surface area contributed by atoms with Crippen molar-refractivity contribution in [3.05, 3.63) is 0 Å². The summed E-state index contributed by atoms with van der Waals surface area (Å²) in [6.07, 6.45) is 6.20. The largest absolute Gasteiger partial charge is 0.481 e. The topological polar surface area (TPSA) is 46.5 Å². The Morgan fingerprint density at radius 2 is 1.87 bits per heavy atom. The van der Waals surface area contributed by atoms with Gasteiger partial charge < -0.3 is 9.84 Å². The van der Waals surface area contributed by atoms with Gasteiger partial charge in [0.1, 0.15) is 0 Å². The summed E-state index contributed by atoms with van der Waals surface area (Å²) in [5.41, 5.74) is 0. The van der Waals surface area contributed by atoms with Gasteiger partial charge in [-0.3, -0.25) is 4.79 Å². The Labute approximate surface area is 90.8 Å². The molecule has 3 nitrogen and oxygen atoms in total. The average molecular weight is 212 g/mol. The van der Waals surface area contributed by atoms with Crippen LogP contribution in [0.25, 0.3) is 0 Å². The number of carbonyl (C=O) groups is 1. The van der Waals surface area contributed by atoms with Gasteiger partial charge in [-0.2, -0.15) is 0 Å². The minimum absolute atomic E-state index is 0.352. The number of carboxylic acid groups (broad SMARTS) is 1. The van der Waals surface area contributed by atoms with Crippen molar-refractivity contribution in [2.75, 3.05) is 13.2 Å². The summed E-state index contributed by atoms with van der Waals surface area (Å²) in [4.78, 5) is 10.4. The van der Waals surface area contributed by atoms with Crippen LogP contribution in [-0.2, 0) is 9.53 Å². The van der Waals surface area contributed by atoms with E-state index in [1.54, 1.807) is 0 Å². The van der Waals surface area contributed by atoms with Crippen molar-refractivity contribution in [1.29, 1.82) is 0 Å². The summed E-state index contributed by atoms with van der Waals surface area (Å²) in [7, 11) is 0. The summed E-state index contributed by atoms with van der Waals surface area (Å²) in [5, 5.41) is 8.58. The molecule has 1 aliphatic heterocycles. The number of aliphatic carboxylic acids is 1. The molecule has 0 unspecified atom stereocenters. The minimum atomic E-state index is -0.649. The fourth-order valence-corrected chi connectivity index (χ4v) is 2.92. The Bertz CT molecular complexity index is 215. The minimum Gasteiger partial charge on any atom is -0.481 e. The van der Waals surface area contributed by atoms with E-state index >= 15 is 0 Å². The first-order chi connectivity index (χ1) is 7.25. The maximum Gasteiger partial charge on any atom is 0.303 e. The number of ether oxygens (including phenoxy) is 1. The quantitative estimate of drug-likeness (QED) is 0.777. The molecule has 0 aromatic heterocycles. The van der Waals surface area contributed by atoms with Crippen molar-refractivity contribution in [2.24, 2.45) is 17.8 Å². The molecule has 0 amide bonds. The van der Waals surface area contributed by atoms with E-state index < -0.39 is 5.97 Å². The van der Waals surface area contributed by atoms with E-state index in [1.165, 1.54) is 25.7 Å². The smallest absolute Gasteiger partial charge is 0.303 e. The number of hydrogen-bond acceptors (Lipinski definition) is 2. The molecule has 3 heteroatoms. The molecule has 0 atom stereocenters. The summed E-state index contributed by atoms with van der Waals surface area (Å²) in [6.45, 7) is 1.86. The molecule has 1 aliphatic carbocycles. The molecule has 2 rings (SSSR count). The van der Waals surface area contributed by atoms with Crippen LogP contribution in [0.3, 0.4) is 0 Å². The van der Waals surface area contributed by atoms with Crippen molar-refractivity contribution in [1.82, 2.24) is 0 Å². The van der Waals surface area contributed by atoms with Gasteiger partial charge in [0.15, 0.2) is 0 Å². The Morgan fingerprint density at radius 3 is 2.47 bits per heavy atom. The molecular formula is C12H20O3. The van der Waals surface area contributed by atoms with Crippen LogP contribution in [0.4, 0.5) is 0 Å². The lowest BCUT2D eigenvalue weighted by Crippen LogP contribution is -2.33. The molecule has 2 fully saturated rings. The van der Waals surface area contributed by atoms with Gasteiger partial charge >= 0.3 is 5.97 Å². The molecule has 1 saturated heterocycles. The predicted molar refractivity (Wildman–Crippen MR) is 56.6 cm³/mol. The van der Waals surface area contributed by atoms with E-state index in [0.29, 0.717) is 12.3 Å². The standard InChI is InChI=1S/C12H20O3/c13-12(14)2-1-9-7-11(8-9)10-3-5-15-6-4-10/h9-11H,1-8H2,(H,13,14). The van der Waals surface area contributed by atoms with Crippen molar-refractivity contribution in [3.63, 3.8) is 0 Å². The van der Waals surface area contributed by atoms with Gasteiger partial charge in [0.2, 0.25) is 0 Å². The highest BCUT2D eigenvalue weighted by atomic mass is 16.5. The lowest BCUT2D eigenvalue weighted by atomic mass is 9.65. The van der Waals surface area contributed by atoms with E-state index in [2.05, 4.69) is 0 Å². The van der Waals surface area contributed by atoms with E-state index in [0.717, 1.165) is 31.5 Å². The zero-order valence-electron chi connectivity index (χ0n) is 9.15. The van der Waals surface area contributed by atoms with Gasteiger partial charge in [-0.15, -0.1) is 0 Å². The van der Waals surface area contributed by atoms with Crippen molar-refractivity contribution in [3.8, 4) is 0 Å². The first kappa shape index (κ1) is 10.9. The van der Waals surface area contributed by atoms with Crippen molar-refractivity contribution >= 4 is 5.97 Å². The van der Waals surface area contributed by atoms with Crippen LogP contribution in [0.2, 0.25) is 0 Å². The van der Waals surface area contributed by atoms with Crippen molar-refractivity contribution < 1.29 is 14.6 Å². The van der Waals surface area contributed by atoms with Gasteiger partial charge in [-0.25, -0.2) is 0 Å². The third kappa shape index (κ3) is 2.94. The molecule has 86 valence electrons. The fraction of sp³-hybridized carbons (Fsp3) is 0.917. The van der Waals surface area contributed by atoms with E-state index in [1.807, 2.05) is 0 Å². The van der Waals surface area contributed by atoms with Crippen LogP contribution < -0.4 is 0 Å². The second kappa shape index (κ2) is 4.97. The summed E-state index contributed by atoms with van der Waals surface area (Å²) in [5.74, 6) is 1.77. The summed E-state index contributed by atoms with van der Waals surface area (Å²) >= 11 is 0. The third-order valence-electron chi connectivity index (χ3n) is 3.97. The molecule has 1 N–H and O–H groups in total. The van der Waals surface area contributed by atoms with Crippen LogP contribution in [0, 0.1) is 17.8 Å². The highest BCUT2D eigenvalue weighted by molar-refractivity contribution is 5.66. The second-order valence-corrected chi connectivity index (χ2v) is 4.98. The average Bonchev–Trinajstić information content (AvgIpc) is 2.16. The van der Waals surface area contributed by atoms with Gasteiger partial charge in [-0.05, 0) is 49.9 Å². The molecule has 0 spiro atoms. The highest BCUT2D eigenvalue weighted by Gasteiger charge is 2.35. The van der Waals surface area contributed by atoms with Crippen molar-refractivity contribution in [2.45, 2.75) is 38.5 Å². The van der Waals surface area contributed by atoms with E-state index in [9.17, 15) is 4.79 Å². The Kier molecular flexibility index (Phi) is 3.62. The predicted octanol–water partition coefficient (Wildman–Crippen LogP) is 2.30. The van der Waals surface area contributed by atoms with Gasteiger partial charge in [0, 0.05) is 19.6 Å². The zero-order chi connectivity index (χ0) is 10.7. The first-order valence-corrected chi connectivity index (χ1v) is 6.05. The van der Waals surface area contributed by atoms with E-state index in [4.69, 9.17) is 9.84 Å². The lowest BCUT2D eigenvalue weighted by Gasteiger charge is -2.42. The molecule has 2 aliphatic rings. The van der Waals surface area contributed by atoms with E-state index in [-0.39, 0.29) is 0 Å². The van der Waals surface area contributed by atoms with Gasteiger partial charge in [0.05, 0.1) is 0 Å². The lowest BCUT2D eigenvalue weighted by molar-refractivity contribution is -0.137. The Morgan fingerprint density at radius 1 is 1.20 bits per heavy atom. The SMILES string of the molecule is O=C(O)CCC1CC(C2CCOCC2)C1. The summed E-state index contributed by atoms with van der Waals surface area (Å²) in [6, 6.07) is 0. The first-order valence-electron chi connectivity index (χ1n) is 6.05. The molecule has 0 radical (unpaired) electrons. The van der Waals surface area contributed by atoms with Gasteiger partial charge in [-0.1, -0.05) is 0 Å². The maximum atomic E-state index is 10.4. The van der Waals surface area contributed by atoms with Crippen LogP contribution in [0.15, 0.2) is 0 Å². The number of rotatable bonds is 4. The molecule has 0 aromatic rings.